The van der Waals surface area contributed by atoms with Crippen LogP contribution in [0.2, 0.25) is 0 Å². The molecule has 1 atom stereocenters. The Bertz CT molecular complexity index is 578. The van der Waals surface area contributed by atoms with Crippen LogP contribution in [0.1, 0.15) is 12.5 Å². The van der Waals surface area contributed by atoms with E-state index in [1.54, 1.807) is 0 Å². The molecule has 1 unspecified atom stereocenters. The van der Waals surface area contributed by atoms with Crippen molar-refractivity contribution in [3.63, 3.8) is 0 Å². The molecular weight excluding hydrogens is 349 g/mol. The van der Waals surface area contributed by atoms with Crippen LogP contribution >= 0.6 is 15.9 Å². The van der Waals surface area contributed by atoms with Crippen molar-refractivity contribution < 1.29 is 12.8 Å². The maximum Gasteiger partial charge on any atom is 0.243 e. The van der Waals surface area contributed by atoms with Gasteiger partial charge in [0.05, 0.1) is 0 Å². The number of benzene rings is 1. The van der Waals surface area contributed by atoms with Gasteiger partial charge in [0, 0.05) is 29.2 Å². The molecule has 0 radical (unpaired) electrons. The highest BCUT2D eigenvalue weighted by molar-refractivity contribution is 9.10. The van der Waals surface area contributed by atoms with Crippen LogP contribution in [0.15, 0.2) is 21.5 Å². The summed E-state index contributed by atoms with van der Waals surface area (Å²) in [7, 11) is -0.235. The van der Waals surface area contributed by atoms with E-state index in [9.17, 15) is 12.8 Å². The standard InChI is InChI=1S/C12H19BrFN3O2S/c1-8(17(2)3)7-16-20(18,19)11-5-10(13)4-9(6-15)12(11)14/h4-5,8,16H,6-7,15H2,1-3H3. The number of hydrogen-bond acceptors (Lipinski definition) is 4. The van der Waals surface area contributed by atoms with Crippen LogP contribution in [0.25, 0.3) is 0 Å². The molecule has 0 saturated carbocycles. The van der Waals surface area contributed by atoms with Gasteiger partial charge in [-0.1, -0.05) is 15.9 Å². The first-order valence-corrected chi connectivity index (χ1v) is 8.30. The van der Waals surface area contributed by atoms with Gasteiger partial charge >= 0.3 is 0 Å². The molecule has 3 N–H and O–H groups in total. The molecule has 0 amide bonds. The van der Waals surface area contributed by atoms with Crippen molar-refractivity contribution in [3.05, 3.63) is 28.0 Å². The first-order valence-electron chi connectivity index (χ1n) is 6.03. The molecule has 20 heavy (non-hydrogen) atoms. The Labute approximate surface area is 127 Å². The van der Waals surface area contributed by atoms with E-state index < -0.39 is 20.7 Å². The fourth-order valence-electron chi connectivity index (χ4n) is 1.45. The molecule has 0 aliphatic rings. The summed E-state index contributed by atoms with van der Waals surface area (Å²) in [6.07, 6.45) is 0. The Morgan fingerprint density at radius 3 is 2.55 bits per heavy atom. The fourth-order valence-corrected chi connectivity index (χ4v) is 3.38. The average molecular weight is 368 g/mol. The number of nitrogens with two attached hydrogens (primary N) is 1. The van der Waals surface area contributed by atoms with E-state index in [0.29, 0.717) is 4.47 Å². The molecule has 0 bridgehead atoms. The molecule has 1 rings (SSSR count). The SMILES string of the molecule is CC(CNS(=O)(=O)c1cc(Br)cc(CN)c1F)N(C)C. The lowest BCUT2D eigenvalue weighted by Gasteiger charge is -2.20. The van der Waals surface area contributed by atoms with Gasteiger partial charge in [0.1, 0.15) is 10.7 Å². The molecule has 1 aromatic carbocycles. The average Bonchev–Trinajstić information content (AvgIpc) is 2.37. The maximum atomic E-state index is 14.1. The lowest BCUT2D eigenvalue weighted by atomic mass is 10.2. The Hall–Kier alpha value is -0.540. The molecular formula is C12H19BrFN3O2S. The van der Waals surface area contributed by atoms with E-state index in [4.69, 9.17) is 5.73 Å². The van der Waals surface area contributed by atoms with Crippen molar-refractivity contribution in [1.82, 2.24) is 9.62 Å². The van der Waals surface area contributed by atoms with Crippen LogP contribution in [0.4, 0.5) is 4.39 Å². The number of rotatable bonds is 6. The van der Waals surface area contributed by atoms with Crippen molar-refractivity contribution in [3.8, 4) is 0 Å². The molecule has 0 aromatic heterocycles. The van der Waals surface area contributed by atoms with Gasteiger partial charge in [0.2, 0.25) is 10.0 Å². The van der Waals surface area contributed by atoms with Crippen LogP contribution in [0, 0.1) is 5.82 Å². The molecule has 1 aromatic rings. The molecule has 0 aliphatic heterocycles. The van der Waals surface area contributed by atoms with Crippen molar-refractivity contribution >= 4 is 26.0 Å². The Kier molecular flexibility index (Phi) is 6.08. The van der Waals surface area contributed by atoms with Crippen molar-refractivity contribution in [1.29, 1.82) is 0 Å². The second kappa shape index (κ2) is 6.95. The number of halogens is 2. The summed E-state index contributed by atoms with van der Waals surface area (Å²) in [4.78, 5) is 1.48. The van der Waals surface area contributed by atoms with Gasteiger partial charge in [-0.2, -0.15) is 0 Å². The zero-order chi connectivity index (χ0) is 15.5. The number of nitrogens with one attached hydrogen (secondary N) is 1. The predicted molar refractivity (Wildman–Crippen MR) is 80.3 cm³/mol. The Morgan fingerprint density at radius 1 is 1.45 bits per heavy atom. The third-order valence-electron chi connectivity index (χ3n) is 3.04. The highest BCUT2D eigenvalue weighted by atomic mass is 79.9. The third kappa shape index (κ3) is 4.23. The molecule has 114 valence electrons. The van der Waals surface area contributed by atoms with Gasteiger partial charge in [0.25, 0.3) is 0 Å². The highest BCUT2D eigenvalue weighted by Gasteiger charge is 2.22. The van der Waals surface area contributed by atoms with E-state index in [0.717, 1.165) is 0 Å². The van der Waals surface area contributed by atoms with Crippen LogP contribution < -0.4 is 10.5 Å². The van der Waals surface area contributed by atoms with E-state index >= 15 is 0 Å². The molecule has 8 heteroatoms. The Morgan fingerprint density at radius 2 is 2.05 bits per heavy atom. The minimum absolute atomic E-state index is 0.00559. The third-order valence-corrected chi connectivity index (χ3v) is 4.92. The summed E-state index contributed by atoms with van der Waals surface area (Å²) in [5, 5.41) is 0. The van der Waals surface area contributed by atoms with Gasteiger partial charge in [-0.25, -0.2) is 17.5 Å². The largest absolute Gasteiger partial charge is 0.326 e. The lowest BCUT2D eigenvalue weighted by molar-refractivity contribution is 0.313. The highest BCUT2D eigenvalue weighted by Crippen LogP contribution is 2.23. The molecule has 0 spiro atoms. The number of hydrogen-bond donors (Lipinski definition) is 2. The molecule has 0 aliphatic carbocycles. The monoisotopic (exact) mass is 367 g/mol. The molecule has 0 fully saturated rings. The van der Waals surface area contributed by atoms with Crippen LogP contribution in [0.5, 0.6) is 0 Å². The molecule has 0 heterocycles. The van der Waals surface area contributed by atoms with E-state index in [2.05, 4.69) is 20.7 Å². The van der Waals surface area contributed by atoms with Crippen molar-refractivity contribution in [2.24, 2.45) is 5.73 Å². The lowest BCUT2D eigenvalue weighted by Crippen LogP contribution is -2.38. The summed E-state index contributed by atoms with van der Waals surface area (Å²) < 4.78 is 41.3. The topological polar surface area (TPSA) is 75.4 Å². The summed E-state index contributed by atoms with van der Waals surface area (Å²) >= 11 is 3.16. The van der Waals surface area contributed by atoms with E-state index in [1.165, 1.54) is 12.1 Å². The first kappa shape index (κ1) is 17.5. The summed E-state index contributed by atoms with van der Waals surface area (Å²) in [6.45, 7) is 1.99. The van der Waals surface area contributed by atoms with E-state index in [-0.39, 0.29) is 24.7 Å². The minimum Gasteiger partial charge on any atom is -0.326 e. The van der Waals surface area contributed by atoms with Crippen molar-refractivity contribution in [2.75, 3.05) is 20.6 Å². The van der Waals surface area contributed by atoms with Gasteiger partial charge in [0.15, 0.2) is 0 Å². The minimum atomic E-state index is -3.91. The smallest absolute Gasteiger partial charge is 0.243 e. The summed E-state index contributed by atoms with van der Waals surface area (Å²) in [5.41, 5.74) is 5.56. The van der Waals surface area contributed by atoms with Gasteiger partial charge < -0.3 is 10.6 Å². The fraction of sp³-hybridized carbons (Fsp3) is 0.500. The quantitative estimate of drug-likeness (QED) is 0.793. The normalized spacial score (nSPS) is 13.8. The zero-order valence-corrected chi connectivity index (χ0v) is 14.1. The van der Waals surface area contributed by atoms with E-state index in [1.807, 2.05) is 25.9 Å². The van der Waals surface area contributed by atoms with Crippen molar-refractivity contribution in [2.45, 2.75) is 24.4 Å². The van der Waals surface area contributed by atoms with Crippen LogP contribution in [-0.4, -0.2) is 40.0 Å². The summed E-state index contributed by atoms with van der Waals surface area (Å²) in [6, 6.07) is 2.70. The summed E-state index contributed by atoms with van der Waals surface area (Å²) in [5.74, 6) is -0.805. The van der Waals surface area contributed by atoms with Crippen LogP contribution in [0.3, 0.4) is 0 Å². The van der Waals surface area contributed by atoms with Crippen LogP contribution in [-0.2, 0) is 16.6 Å². The number of likely N-dealkylation sites (N-methyl/N-ethyl adjacent to an activating group) is 1. The number of sulfonamides is 1. The molecule has 5 nitrogen and oxygen atoms in total. The Balaban J connectivity index is 3.07. The van der Waals surface area contributed by atoms with Gasteiger partial charge in [-0.3, -0.25) is 0 Å². The molecule has 0 saturated heterocycles. The zero-order valence-electron chi connectivity index (χ0n) is 11.7. The van der Waals surface area contributed by atoms with Gasteiger partial charge in [-0.05, 0) is 33.2 Å². The second-order valence-electron chi connectivity index (χ2n) is 4.75. The maximum absolute atomic E-state index is 14.1. The second-order valence-corrected chi connectivity index (χ2v) is 7.40. The number of nitrogens with zero attached hydrogens (tertiary/aromatic N) is 1. The first-order chi connectivity index (χ1) is 9.19. The predicted octanol–water partition coefficient (Wildman–Crippen LogP) is 1.28. The van der Waals surface area contributed by atoms with Gasteiger partial charge in [-0.15, -0.1) is 0 Å².